The normalized spacial score (nSPS) is 21.8. The van der Waals surface area contributed by atoms with Crippen LogP contribution in [-0.4, -0.2) is 41.5 Å². The second-order valence-electron chi connectivity index (χ2n) is 3.12. The van der Waals surface area contributed by atoms with Crippen molar-refractivity contribution in [3.05, 3.63) is 0 Å². The van der Waals surface area contributed by atoms with Gasteiger partial charge in [0.1, 0.15) is 0 Å². The highest BCUT2D eigenvalue weighted by Crippen LogP contribution is 2.16. The summed E-state index contributed by atoms with van der Waals surface area (Å²) in [6.45, 7) is 1.38. The summed E-state index contributed by atoms with van der Waals surface area (Å²) in [6, 6.07) is 0. The standard InChI is InChI=1S/C7H14N2O3/c10-5-7(9-6(11)12)1-3-8-4-2-7/h8-10H,1-5H2,(H,11,12). The first-order chi connectivity index (χ1) is 5.68. The molecule has 1 aliphatic rings. The lowest BCUT2D eigenvalue weighted by Crippen LogP contribution is -2.56. The molecule has 0 radical (unpaired) electrons. The number of aliphatic hydroxyl groups excluding tert-OH is 1. The molecule has 0 bridgehead atoms. The molecule has 0 atom stereocenters. The number of hydrogen-bond acceptors (Lipinski definition) is 3. The van der Waals surface area contributed by atoms with Crippen molar-refractivity contribution in [2.75, 3.05) is 19.7 Å². The lowest BCUT2D eigenvalue weighted by molar-refractivity contribution is 0.115. The monoisotopic (exact) mass is 174 g/mol. The van der Waals surface area contributed by atoms with Crippen LogP contribution >= 0.6 is 0 Å². The summed E-state index contributed by atoms with van der Waals surface area (Å²) in [5.41, 5.74) is -0.614. The first-order valence-corrected chi connectivity index (χ1v) is 4.01. The van der Waals surface area contributed by atoms with E-state index >= 15 is 0 Å². The van der Waals surface area contributed by atoms with Gasteiger partial charge in [0.05, 0.1) is 12.1 Å². The van der Waals surface area contributed by atoms with Crippen LogP contribution in [-0.2, 0) is 0 Å². The van der Waals surface area contributed by atoms with E-state index in [4.69, 9.17) is 10.2 Å². The number of hydrogen-bond donors (Lipinski definition) is 4. The lowest BCUT2D eigenvalue weighted by atomic mass is 9.89. The fraction of sp³-hybridized carbons (Fsp3) is 0.857. The van der Waals surface area contributed by atoms with Crippen molar-refractivity contribution in [3.8, 4) is 0 Å². The highest BCUT2D eigenvalue weighted by atomic mass is 16.4. The van der Waals surface area contributed by atoms with Gasteiger partial charge in [-0.1, -0.05) is 0 Å². The summed E-state index contributed by atoms with van der Waals surface area (Å²) in [5.74, 6) is 0. The van der Waals surface area contributed by atoms with Gasteiger partial charge in [-0.15, -0.1) is 0 Å². The molecule has 0 aromatic heterocycles. The van der Waals surface area contributed by atoms with Crippen LogP contribution in [0.2, 0.25) is 0 Å². The zero-order valence-corrected chi connectivity index (χ0v) is 6.84. The molecule has 1 heterocycles. The van der Waals surface area contributed by atoms with Crippen molar-refractivity contribution in [1.82, 2.24) is 10.6 Å². The number of aliphatic hydroxyl groups is 1. The van der Waals surface area contributed by atoms with Crippen molar-refractivity contribution in [2.24, 2.45) is 0 Å². The number of rotatable bonds is 2. The Hall–Kier alpha value is -0.810. The molecule has 1 aliphatic heterocycles. The fourth-order valence-corrected chi connectivity index (χ4v) is 1.45. The summed E-state index contributed by atoms with van der Waals surface area (Å²) >= 11 is 0. The molecule has 0 saturated carbocycles. The Labute approximate surface area is 70.8 Å². The SMILES string of the molecule is O=C(O)NC1(CO)CCNCC1. The molecular formula is C7H14N2O3. The van der Waals surface area contributed by atoms with Crippen LogP contribution in [0.15, 0.2) is 0 Å². The third kappa shape index (κ3) is 2.09. The first-order valence-electron chi connectivity index (χ1n) is 4.01. The Bertz CT molecular complexity index is 166. The zero-order chi connectivity index (χ0) is 9.03. The van der Waals surface area contributed by atoms with E-state index in [0.29, 0.717) is 12.8 Å². The van der Waals surface area contributed by atoms with E-state index in [1.165, 1.54) is 0 Å². The molecule has 0 aliphatic carbocycles. The van der Waals surface area contributed by atoms with Gasteiger partial charge >= 0.3 is 6.09 Å². The summed E-state index contributed by atoms with van der Waals surface area (Å²) in [6.07, 6.45) is 0.233. The predicted octanol–water partition coefficient (Wildman–Crippen LogP) is -0.632. The molecule has 4 N–H and O–H groups in total. The third-order valence-electron chi connectivity index (χ3n) is 2.24. The van der Waals surface area contributed by atoms with Crippen molar-refractivity contribution in [3.63, 3.8) is 0 Å². The molecule has 1 saturated heterocycles. The average Bonchev–Trinajstić information content (AvgIpc) is 2.05. The number of nitrogens with one attached hydrogen (secondary N) is 2. The van der Waals surface area contributed by atoms with Gasteiger partial charge in [-0.3, -0.25) is 0 Å². The molecule has 0 spiro atoms. The Morgan fingerprint density at radius 3 is 2.50 bits per heavy atom. The second-order valence-corrected chi connectivity index (χ2v) is 3.12. The molecule has 12 heavy (non-hydrogen) atoms. The third-order valence-corrected chi connectivity index (χ3v) is 2.24. The molecule has 5 heteroatoms. The highest BCUT2D eigenvalue weighted by Gasteiger charge is 2.32. The second kappa shape index (κ2) is 3.73. The molecule has 0 unspecified atom stereocenters. The van der Waals surface area contributed by atoms with Gasteiger partial charge in [0, 0.05) is 0 Å². The largest absolute Gasteiger partial charge is 0.465 e. The summed E-state index contributed by atoms with van der Waals surface area (Å²) < 4.78 is 0. The van der Waals surface area contributed by atoms with Crippen molar-refractivity contribution in [2.45, 2.75) is 18.4 Å². The van der Waals surface area contributed by atoms with Crippen LogP contribution in [0.5, 0.6) is 0 Å². The smallest absolute Gasteiger partial charge is 0.405 e. The molecular weight excluding hydrogens is 160 g/mol. The molecule has 0 aromatic rings. The van der Waals surface area contributed by atoms with E-state index in [1.54, 1.807) is 0 Å². The fourth-order valence-electron chi connectivity index (χ4n) is 1.45. The number of piperidine rings is 1. The van der Waals surface area contributed by atoms with Crippen molar-refractivity contribution < 1.29 is 15.0 Å². The Kier molecular flexibility index (Phi) is 2.88. The summed E-state index contributed by atoms with van der Waals surface area (Å²) in [4.78, 5) is 10.4. The molecule has 1 fully saturated rings. The Morgan fingerprint density at radius 2 is 2.08 bits per heavy atom. The van der Waals surface area contributed by atoms with E-state index in [0.717, 1.165) is 13.1 Å². The number of carboxylic acid groups (broad SMARTS) is 1. The lowest BCUT2D eigenvalue weighted by Gasteiger charge is -2.35. The van der Waals surface area contributed by atoms with E-state index in [9.17, 15) is 4.79 Å². The minimum Gasteiger partial charge on any atom is -0.465 e. The number of amides is 1. The molecule has 70 valence electrons. The summed E-state index contributed by atoms with van der Waals surface area (Å²) in [7, 11) is 0. The van der Waals surface area contributed by atoms with Crippen LogP contribution in [0, 0.1) is 0 Å². The molecule has 1 amide bonds. The van der Waals surface area contributed by atoms with Gasteiger partial charge in [-0.05, 0) is 25.9 Å². The van der Waals surface area contributed by atoms with Gasteiger partial charge in [-0.25, -0.2) is 4.79 Å². The maximum absolute atomic E-state index is 10.4. The van der Waals surface area contributed by atoms with Crippen LogP contribution in [0.1, 0.15) is 12.8 Å². The maximum atomic E-state index is 10.4. The molecule has 5 nitrogen and oxygen atoms in total. The van der Waals surface area contributed by atoms with Gasteiger partial charge in [0.25, 0.3) is 0 Å². The topological polar surface area (TPSA) is 81.6 Å². The van der Waals surface area contributed by atoms with Crippen molar-refractivity contribution in [1.29, 1.82) is 0 Å². The highest BCUT2D eigenvalue weighted by molar-refractivity contribution is 5.65. The minimum atomic E-state index is -1.06. The quantitative estimate of drug-likeness (QED) is 0.449. The Balaban J connectivity index is 2.53. The van der Waals surface area contributed by atoms with Crippen LogP contribution in [0.25, 0.3) is 0 Å². The molecule has 1 rings (SSSR count). The van der Waals surface area contributed by atoms with Gasteiger partial charge < -0.3 is 20.8 Å². The van der Waals surface area contributed by atoms with Gasteiger partial charge in [0.15, 0.2) is 0 Å². The van der Waals surface area contributed by atoms with E-state index in [-0.39, 0.29) is 6.61 Å². The van der Waals surface area contributed by atoms with E-state index in [2.05, 4.69) is 10.6 Å². The van der Waals surface area contributed by atoms with E-state index in [1.807, 2.05) is 0 Å². The van der Waals surface area contributed by atoms with Crippen LogP contribution < -0.4 is 10.6 Å². The zero-order valence-electron chi connectivity index (χ0n) is 6.84. The number of carbonyl (C=O) groups is 1. The van der Waals surface area contributed by atoms with Gasteiger partial charge in [0.2, 0.25) is 0 Å². The Morgan fingerprint density at radius 1 is 1.50 bits per heavy atom. The van der Waals surface area contributed by atoms with E-state index < -0.39 is 11.6 Å². The maximum Gasteiger partial charge on any atom is 0.405 e. The van der Waals surface area contributed by atoms with Crippen LogP contribution in [0.3, 0.4) is 0 Å². The van der Waals surface area contributed by atoms with Crippen molar-refractivity contribution >= 4 is 6.09 Å². The van der Waals surface area contributed by atoms with Crippen LogP contribution in [0.4, 0.5) is 4.79 Å². The van der Waals surface area contributed by atoms with Gasteiger partial charge in [-0.2, -0.15) is 0 Å². The summed E-state index contributed by atoms with van der Waals surface area (Å²) in [5, 5.41) is 23.0. The average molecular weight is 174 g/mol. The predicted molar refractivity (Wildman–Crippen MR) is 43.1 cm³/mol. The first kappa shape index (κ1) is 9.28. The molecule has 0 aromatic carbocycles. The minimum absolute atomic E-state index is 0.124.